The van der Waals surface area contributed by atoms with E-state index in [4.69, 9.17) is 0 Å². The molecule has 0 spiro atoms. The summed E-state index contributed by atoms with van der Waals surface area (Å²) in [4.78, 5) is 22.7. The highest BCUT2D eigenvalue weighted by Gasteiger charge is 2.29. The summed E-state index contributed by atoms with van der Waals surface area (Å²) >= 11 is 0. The number of amides is 1. The Morgan fingerprint density at radius 2 is 1.95 bits per heavy atom. The Morgan fingerprint density at radius 3 is 2.67 bits per heavy atom. The van der Waals surface area contributed by atoms with E-state index in [1.807, 2.05) is 38.1 Å². The van der Waals surface area contributed by atoms with Crippen LogP contribution in [0.15, 0.2) is 36.4 Å². The number of nitrogens with one attached hydrogen (secondary N) is 1. The van der Waals surface area contributed by atoms with Crippen LogP contribution >= 0.6 is 0 Å². The molecule has 2 aromatic rings. The normalized spacial score (nSPS) is 18.5. The van der Waals surface area contributed by atoms with Gasteiger partial charge in [-0.3, -0.25) is 4.79 Å². The third-order valence-electron chi connectivity index (χ3n) is 3.61. The van der Waals surface area contributed by atoms with Crippen LogP contribution in [-0.4, -0.2) is 29.0 Å². The van der Waals surface area contributed by atoms with Gasteiger partial charge in [0, 0.05) is 18.3 Å². The molecule has 1 amide bonds. The van der Waals surface area contributed by atoms with E-state index in [0.717, 1.165) is 17.3 Å². The van der Waals surface area contributed by atoms with Crippen molar-refractivity contribution in [2.75, 3.05) is 18.0 Å². The quantitative estimate of drug-likeness (QED) is 0.912. The van der Waals surface area contributed by atoms with Crippen LogP contribution in [0.5, 0.6) is 0 Å². The first-order chi connectivity index (χ1) is 10.1. The summed E-state index contributed by atoms with van der Waals surface area (Å²) in [7, 11) is 0. The third kappa shape index (κ3) is 2.86. The van der Waals surface area contributed by atoms with E-state index in [1.54, 1.807) is 0 Å². The SMILES string of the molecule is Cc1cc(N2CC(=O)NCC2c2ccccc2)nc(C)n1. The fraction of sp³-hybridized carbons (Fsp3) is 0.312. The van der Waals surface area contributed by atoms with Gasteiger partial charge in [0.15, 0.2) is 0 Å². The highest BCUT2D eigenvalue weighted by atomic mass is 16.2. The summed E-state index contributed by atoms with van der Waals surface area (Å²) in [5.41, 5.74) is 2.08. The van der Waals surface area contributed by atoms with Crippen molar-refractivity contribution in [1.29, 1.82) is 0 Å². The van der Waals surface area contributed by atoms with E-state index in [0.29, 0.717) is 13.1 Å². The topological polar surface area (TPSA) is 58.1 Å². The number of aryl methyl sites for hydroxylation is 2. The molecular formula is C16H18N4O. The van der Waals surface area contributed by atoms with Crippen LogP contribution < -0.4 is 10.2 Å². The molecule has 1 aromatic heterocycles. The standard InChI is InChI=1S/C16H18N4O/c1-11-8-15(19-12(2)18-11)20-10-16(21)17-9-14(20)13-6-4-3-5-7-13/h3-8,14H,9-10H2,1-2H3,(H,17,21). The second-order valence-corrected chi connectivity index (χ2v) is 5.27. The number of anilines is 1. The fourth-order valence-corrected chi connectivity index (χ4v) is 2.70. The van der Waals surface area contributed by atoms with Crippen LogP contribution in [0.2, 0.25) is 0 Å². The predicted octanol–water partition coefficient (Wildman–Crippen LogP) is 1.77. The van der Waals surface area contributed by atoms with Crippen LogP contribution in [-0.2, 0) is 4.79 Å². The number of rotatable bonds is 2. The first kappa shape index (κ1) is 13.5. The molecule has 1 aliphatic rings. The van der Waals surface area contributed by atoms with E-state index in [9.17, 15) is 4.79 Å². The number of piperazine rings is 1. The van der Waals surface area contributed by atoms with E-state index in [1.165, 1.54) is 5.56 Å². The van der Waals surface area contributed by atoms with Crippen LogP contribution in [0.25, 0.3) is 0 Å². The van der Waals surface area contributed by atoms with Gasteiger partial charge in [-0.25, -0.2) is 9.97 Å². The van der Waals surface area contributed by atoms with Gasteiger partial charge >= 0.3 is 0 Å². The highest BCUT2D eigenvalue weighted by Crippen LogP contribution is 2.27. The maximum absolute atomic E-state index is 11.8. The molecule has 1 aliphatic heterocycles. The lowest BCUT2D eigenvalue weighted by molar-refractivity contribution is -0.120. The molecule has 1 N–H and O–H groups in total. The molecule has 1 atom stereocenters. The van der Waals surface area contributed by atoms with Crippen molar-refractivity contribution in [3.8, 4) is 0 Å². The molecule has 0 bridgehead atoms. The second-order valence-electron chi connectivity index (χ2n) is 5.27. The van der Waals surface area contributed by atoms with E-state index >= 15 is 0 Å². The number of hydrogen-bond acceptors (Lipinski definition) is 4. The lowest BCUT2D eigenvalue weighted by Crippen LogP contribution is -2.50. The predicted molar refractivity (Wildman–Crippen MR) is 81.0 cm³/mol. The van der Waals surface area contributed by atoms with Crippen molar-refractivity contribution in [2.24, 2.45) is 0 Å². The third-order valence-corrected chi connectivity index (χ3v) is 3.61. The molecule has 21 heavy (non-hydrogen) atoms. The maximum atomic E-state index is 11.8. The van der Waals surface area contributed by atoms with Crippen LogP contribution in [0, 0.1) is 13.8 Å². The van der Waals surface area contributed by atoms with Crippen LogP contribution in [0.3, 0.4) is 0 Å². The zero-order valence-corrected chi connectivity index (χ0v) is 12.2. The van der Waals surface area contributed by atoms with Gasteiger partial charge in [-0.2, -0.15) is 0 Å². The van der Waals surface area contributed by atoms with E-state index < -0.39 is 0 Å². The number of aromatic nitrogens is 2. The van der Waals surface area contributed by atoms with E-state index in [2.05, 4.69) is 32.3 Å². The molecule has 5 nitrogen and oxygen atoms in total. The van der Waals surface area contributed by atoms with E-state index in [-0.39, 0.29) is 11.9 Å². The van der Waals surface area contributed by atoms with Gasteiger partial charge in [0.25, 0.3) is 0 Å². The largest absolute Gasteiger partial charge is 0.352 e. The Morgan fingerprint density at radius 1 is 1.19 bits per heavy atom. The molecule has 0 saturated carbocycles. The first-order valence-corrected chi connectivity index (χ1v) is 7.04. The summed E-state index contributed by atoms with van der Waals surface area (Å²) in [6.45, 7) is 4.72. The Hall–Kier alpha value is -2.43. The van der Waals surface area contributed by atoms with Crippen LogP contribution in [0.4, 0.5) is 5.82 Å². The van der Waals surface area contributed by atoms with Crippen LogP contribution in [0.1, 0.15) is 23.1 Å². The zero-order chi connectivity index (χ0) is 14.8. The highest BCUT2D eigenvalue weighted by molar-refractivity contribution is 5.82. The van der Waals surface area contributed by atoms with Gasteiger partial charge < -0.3 is 10.2 Å². The summed E-state index contributed by atoms with van der Waals surface area (Å²) < 4.78 is 0. The molecule has 2 heterocycles. The lowest BCUT2D eigenvalue weighted by Gasteiger charge is -2.36. The molecular weight excluding hydrogens is 264 g/mol. The molecule has 5 heteroatoms. The van der Waals surface area contributed by atoms with Gasteiger partial charge in [-0.05, 0) is 19.4 Å². The molecule has 1 aromatic carbocycles. The van der Waals surface area contributed by atoms with Gasteiger partial charge in [-0.15, -0.1) is 0 Å². The number of carbonyl (C=O) groups is 1. The van der Waals surface area contributed by atoms with Gasteiger partial charge in [-0.1, -0.05) is 30.3 Å². The van der Waals surface area contributed by atoms with Crippen molar-refractivity contribution in [3.63, 3.8) is 0 Å². The lowest BCUT2D eigenvalue weighted by atomic mass is 10.0. The molecule has 1 saturated heterocycles. The number of carbonyl (C=O) groups excluding carboxylic acids is 1. The van der Waals surface area contributed by atoms with Gasteiger partial charge in [0.2, 0.25) is 5.91 Å². The average molecular weight is 282 g/mol. The summed E-state index contributed by atoms with van der Waals surface area (Å²) in [6.07, 6.45) is 0. The Labute approximate surface area is 124 Å². The molecule has 1 fully saturated rings. The maximum Gasteiger partial charge on any atom is 0.239 e. The first-order valence-electron chi connectivity index (χ1n) is 7.04. The Balaban J connectivity index is 2.00. The van der Waals surface area contributed by atoms with Gasteiger partial charge in [0.1, 0.15) is 11.6 Å². The number of benzene rings is 1. The summed E-state index contributed by atoms with van der Waals surface area (Å²) in [5, 5.41) is 2.94. The summed E-state index contributed by atoms with van der Waals surface area (Å²) in [6, 6.07) is 12.2. The molecule has 1 unspecified atom stereocenters. The monoisotopic (exact) mass is 282 g/mol. The van der Waals surface area contributed by atoms with Crippen molar-refractivity contribution >= 4 is 11.7 Å². The fourth-order valence-electron chi connectivity index (χ4n) is 2.70. The second kappa shape index (κ2) is 5.52. The van der Waals surface area contributed by atoms with Crippen molar-refractivity contribution in [3.05, 3.63) is 53.5 Å². The van der Waals surface area contributed by atoms with Crippen molar-refractivity contribution in [1.82, 2.24) is 15.3 Å². The van der Waals surface area contributed by atoms with Crippen molar-refractivity contribution < 1.29 is 4.79 Å². The minimum absolute atomic E-state index is 0.0242. The van der Waals surface area contributed by atoms with Crippen molar-refractivity contribution in [2.45, 2.75) is 19.9 Å². The molecule has 0 aliphatic carbocycles. The number of nitrogens with zero attached hydrogens (tertiary/aromatic N) is 3. The minimum Gasteiger partial charge on any atom is -0.352 e. The molecule has 0 radical (unpaired) electrons. The van der Waals surface area contributed by atoms with Gasteiger partial charge in [0.05, 0.1) is 12.6 Å². The zero-order valence-electron chi connectivity index (χ0n) is 12.2. The molecule has 108 valence electrons. The molecule has 3 rings (SSSR count). The average Bonchev–Trinajstić information content (AvgIpc) is 2.47. The smallest absolute Gasteiger partial charge is 0.239 e. The summed E-state index contributed by atoms with van der Waals surface area (Å²) in [5.74, 6) is 1.56. The Bertz CT molecular complexity index is 636. The number of hydrogen-bond donors (Lipinski definition) is 1. The minimum atomic E-state index is 0.0242. The Kier molecular flexibility index (Phi) is 3.56.